The molecule has 5 nitrogen and oxygen atoms in total. The molecular weight excluding hydrogens is 258 g/mol. The first kappa shape index (κ1) is 15.8. The molecule has 0 saturated heterocycles. The van der Waals surface area contributed by atoms with E-state index in [4.69, 9.17) is 9.47 Å². The Balaban J connectivity index is 2.50. The van der Waals surface area contributed by atoms with Crippen LogP contribution in [-0.2, 0) is 20.9 Å². The van der Waals surface area contributed by atoms with Crippen molar-refractivity contribution in [3.05, 3.63) is 42.2 Å². The number of esters is 1. The first-order chi connectivity index (χ1) is 9.38. The number of rotatable bonds is 5. The van der Waals surface area contributed by atoms with Crippen molar-refractivity contribution in [2.75, 3.05) is 5.32 Å². The number of nitrogens with one attached hydrogen (secondary N) is 1. The molecule has 5 heteroatoms. The fraction of sp³-hybridized carbons (Fsp3) is 0.333. The zero-order chi connectivity index (χ0) is 15.1. The zero-order valence-corrected chi connectivity index (χ0v) is 11.9. The quantitative estimate of drug-likeness (QED) is 0.661. The second-order valence-corrected chi connectivity index (χ2v) is 4.68. The Kier molecular flexibility index (Phi) is 5.77. The summed E-state index contributed by atoms with van der Waals surface area (Å²) in [6.07, 6.45) is -0.587. The molecule has 0 saturated carbocycles. The van der Waals surface area contributed by atoms with Gasteiger partial charge in [0.25, 0.3) is 0 Å². The minimum absolute atomic E-state index is 0.146. The number of allylic oxidation sites excluding steroid dienone is 1. The van der Waals surface area contributed by atoms with Crippen LogP contribution in [0.15, 0.2) is 36.6 Å². The molecule has 1 amide bonds. The van der Waals surface area contributed by atoms with Crippen molar-refractivity contribution in [2.45, 2.75) is 27.4 Å². The molecule has 1 aromatic rings. The maximum absolute atomic E-state index is 11.3. The highest BCUT2D eigenvalue weighted by molar-refractivity contribution is 5.85. The van der Waals surface area contributed by atoms with E-state index in [-0.39, 0.29) is 18.5 Å². The second kappa shape index (κ2) is 7.33. The highest BCUT2D eigenvalue weighted by Gasteiger charge is 2.08. The van der Waals surface area contributed by atoms with E-state index >= 15 is 0 Å². The van der Waals surface area contributed by atoms with Gasteiger partial charge in [0.1, 0.15) is 6.61 Å². The molecule has 1 N–H and O–H groups in total. The number of hydrogen-bond acceptors (Lipinski definition) is 4. The lowest BCUT2D eigenvalue weighted by molar-refractivity contribution is -0.148. The molecule has 0 radical (unpaired) electrons. The van der Waals surface area contributed by atoms with Crippen LogP contribution in [0.3, 0.4) is 0 Å². The van der Waals surface area contributed by atoms with Crippen LogP contribution in [0.2, 0.25) is 0 Å². The van der Waals surface area contributed by atoms with Gasteiger partial charge < -0.3 is 9.47 Å². The smallest absolute Gasteiger partial charge is 0.416 e. The lowest BCUT2D eigenvalue weighted by Crippen LogP contribution is -2.12. The number of carbonyl (C=O) groups excluding carboxylic acids is 2. The topological polar surface area (TPSA) is 64.6 Å². The summed E-state index contributed by atoms with van der Waals surface area (Å²) in [6, 6.07) is 6.95. The predicted molar refractivity (Wildman–Crippen MR) is 76.0 cm³/mol. The lowest BCUT2D eigenvalue weighted by Gasteiger charge is -2.09. The minimum Gasteiger partial charge on any atom is -0.461 e. The van der Waals surface area contributed by atoms with E-state index in [1.165, 1.54) is 0 Å². The summed E-state index contributed by atoms with van der Waals surface area (Å²) >= 11 is 0. The van der Waals surface area contributed by atoms with Gasteiger partial charge in [0.05, 0.1) is 11.7 Å². The van der Waals surface area contributed by atoms with Gasteiger partial charge in [-0.2, -0.15) is 0 Å². The molecule has 0 atom stereocenters. The average molecular weight is 277 g/mol. The SMILES string of the molecule is C=C(C)OC(=O)Nc1ccc(COC(=O)C(C)C)cc1. The number of amides is 1. The molecule has 0 aromatic heterocycles. The van der Waals surface area contributed by atoms with Crippen molar-refractivity contribution >= 4 is 17.7 Å². The Morgan fingerprint density at radius 3 is 2.35 bits per heavy atom. The first-order valence-electron chi connectivity index (χ1n) is 6.28. The number of benzene rings is 1. The van der Waals surface area contributed by atoms with E-state index in [1.54, 1.807) is 45.0 Å². The van der Waals surface area contributed by atoms with E-state index in [9.17, 15) is 9.59 Å². The molecule has 108 valence electrons. The van der Waals surface area contributed by atoms with Crippen LogP contribution in [-0.4, -0.2) is 12.1 Å². The molecule has 0 aliphatic rings. The molecular formula is C15H19NO4. The maximum Gasteiger partial charge on any atom is 0.416 e. The number of carbonyl (C=O) groups is 2. The molecule has 0 heterocycles. The maximum atomic E-state index is 11.3. The van der Waals surface area contributed by atoms with E-state index < -0.39 is 6.09 Å². The van der Waals surface area contributed by atoms with Gasteiger partial charge in [-0.15, -0.1) is 0 Å². The van der Waals surface area contributed by atoms with Gasteiger partial charge in [-0.25, -0.2) is 4.79 Å². The molecule has 20 heavy (non-hydrogen) atoms. The van der Waals surface area contributed by atoms with E-state index in [2.05, 4.69) is 11.9 Å². The molecule has 0 aliphatic carbocycles. The van der Waals surface area contributed by atoms with Gasteiger partial charge in [0.2, 0.25) is 0 Å². The van der Waals surface area contributed by atoms with Gasteiger partial charge >= 0.3 is 12.1 Å². The summed E-state index contributed by atoms with van der Waals surface area (Å²) in [5, 5.41) is 2.55. The summed E-state index contributed by atoms with van der Waals surface area (Å²) in [5.74, 6) is -0.0650. The largest absolute Gasteiger partial charge is 0.461 e. The monoisotopic (exact) mass is 277 g/mol. The van der Waals surface area contributed by atoms with E-state index in [0.717, 1.165) is 5.56 Å². The molecule has 0 bridgehead atoms. The van der Waals surface area contributed by atoms with Crippen LogP contribution >= 0.6 is 0 Å². The third kappa shape index (κ3) is 5.56. The van der Waals surface area contributed by atoms with Crippen molar-refractivity contribution in [3.63, 3.8) is 0 Å². The predicted octanol–water partition coefficient (Wildman–Crippen LogP) is 3.47. The Labute approximate surface area is 118 Å². The van der Waals surface area contributed by atoms with Gasteiger partial charge in [-0.1, -0.05) is 32.6 Å². The number of anilines is 1. The zero-order valence-electron chi connectivity index (χ0n) is 11.9. The first-order valence-corrected chi connectivity index (χ1v) is 6.28. The van der Waals surface area contributed by atoms with E-state index in [1.807, 2.05) is 0 Å². The lowest BCUT2D eigenvalue weighted by atomic mass is 10.2. The summed E-state index contributed by atoms with van der Waals surface area (Å²) in [7, 11) is 0. The Hall–Kier alpha value is -2.30. The summed E-state index contributed by atoms with van der Waals surface area (Å²) in [6.45, 7) is 8.84. The Morgan fingerprint density at radius 2 is 1.85 bits per heavy atom. The standard InChI is InChI=1S/C15H19NO4/c1-10(2)14(17)19-9-12-5-7-13(8-6-12)16-15(18)20-11(3)4/h5-8,10H,3,9H2,1-2,4H3,(H,16,18). The highest BCUT2D eigenvalue weighted by atomic mass is 16.6. The van der Waals surface area contributed by atoms with Crippen molar-refractivity contribution in [1.82, 2.24) is 0 Å². The van der Waals surface area contributed by atoms with Gasteiger partial charge in [-0.3, -0.25) is 10.1 Å². The minimum atomic E-state index is -0.587. The van der Waals surface area contributed by atoms with Gasteiger partial charge in [0, 0.05) is 5.69 Å². The van der Waals surface area contributed by atoms with Crippen molar-refractivity contribution in [2.24, 2.45) is 5.92 Å². The highest BCUT2D eigenvalue weighted by Crippen LogP contribution is 2.12. The fourth-order valence-corrected chi connectivity index (χ4v) is 1.31. The fourth-order valence-electron chi connectivity index (χ4n) is 1.31. The molecule has 0 aliphatic heterocycles. The molecule has 0 unspecified atom stereocenters. The Morgan fingerprint density at radius 1 is 1.25 bits per heavy atom. The van der Waals surface area contributed by atoms with Crippen LogP contribution in [0.25, 0.3) is 0 Å². The van der Waals surface area contributed by atoms with Gasteiger partial charge in [-0.05, 0) is 24.6 Å². The van der Waals surface area contributed by atoms with Crippen LogP contribution in [0.4, 0.5) is 10.5 Å². The van der Waals surface area contributed by atoms with Crippen LogP contribution in [0.1, 0.15) is 26.3 Å². The summed E-state index contributed by atoms with van der Waals surface area (Å²) in [4.78, 5) is 22.7. The number of ether oxygens (including phenoxy) is 2. The summed E-state index contributed by atoms with van der Waals surface area (Å²) in [5.41, 5.74) is 1.44. The van der Waals surface area contributed by atoms with E-state index in [0.29, 0.717) is 11.4 Å². The van der Waals surface area contributed by atoms with Crippen LogP contribution < -0.4 is 5.32 Å². The molecule has 1 rings (SSSR count). The molecule has 0 spiro atoms. The van der Waals surface area contributed by atoms with Crippen LogP contribution in [0, 0.1) is 5.92 Å². The van der Waals surface area contributed by atoms with Crippen molar-refractivity contribution in [1.29, 1.82) is 0 Å². The Bertz CT molecular complexity index is 491. The van der Waals surface area contributed by atoms with Gasteiger partial charge in [0.15, 0.2) is 0 Å². The summed E-state index contributed by atoms with van der Waals surface area (Å²) < 4.78 is 9.88. The normalized spacial score (nSPS) is 10.0. The molecule has 0 fully saturated rings. The third-order valence-corrected chi connectivity index (χ3v) is 2.32. The average Bonchev–Trinajstić information content (AvgIpc) is 2.36. The van der Waals surface area contributed by atoms with Crippen molar-refractivity contribution in [3.8, 4) is 0 Å². The van der Waals surface area contributed by atoms with Crippen molar-refractivity contribution < 1.29 is 19.1 Å². The second-order valence-electron chi connectivity index (χ2n) is 4.68. The molecule has 1 aromatic carbocycles. The van der Waals surface area contributed by atoms with Crippen LogP contribution in [0.5, 0.6) is 0 Å². The number of hydrogen-bond donors (Lipinski definition) is 1. The third-order valence-electron chi connectivity index (χ3n) is 2.32.